The first-order valence-corrected chi connectivity index (χ1v) is 13.2. The lowest BCUT2D eigenvalue weighted by molar-refractivity contribution is -0.392. The lowest BCUT2D eigenvalue weighted by Crippen LogP contribution is -2.35. The maximum absolute atomic E-state index is 12.0. The zero-order valence-corrected chi connectivity index (χ0v) is 24.1. The van der Waals surface area contributed by atoms with Gasteiger partial charge in [-0.15, -0.1) is 11.6 Å². The zero-order chi connectivity index (χ0) is 29.0. The van der Waals surface area contributed by atoms with Gasteiger partial charge in [0, 0.05) is 24.3 Å². The second kappa shape index (κ2) is 15.9. The summed E-state index contributed by atoms with van der Waals surface area (Å²) in [5.41, 5.74) is 3.68. The standard InChI is InChI=1S/C14H20ClNO2.C13H19N3O4/c1-4-12-8-6-7-11(3)14(12)16(10-18-5-2)13(17)9-15;1-5-10(6-2)14-12-11(15(17)18)7-8(3)9(4)13(12)16(19)20/h6-8H,4-5,9-10H2,1-3H3;7,10,14H,5-6H2,1-4H3. The Labute approximate surface area is 229 Å². The molecular weight excluding hydrogens is 512 g/mol. The first-order chi connectivity index (χ1) is 18.0. The van der Waals surface area contributed by atoms with E-state index in [2.05, 4.69) is 12.2 Å². The molecule has 0 spiro atoms. The molecule has 2 rings (SSSR count). The van der Waals surface area contributed by atoms with Crippen molar-refractivity contribution in [3.8, 4) is 0 Å². The minimum atomic E-state index is -0.579. The molecule has 0 heterocycles. The molecule has 2 aromatic carbocycles. The number of nitro groups is 2. The molecule has 0 aliphatic rings. The third-order valence-corrected chi connectivity index (χ3v) is 6.55. The fourth-order valence-corrected chi connectivity index (χ4v) is 4.14. The minimum absolute atomic E-state index is 0.0109. The van der Waals surface area contributed by atoms with Crippen LogP contribution in [0.25, 0.3) is 0 Å². The summed E-state index contributed by atoms with van der Waals surface area (Å²) in [7, 11) is 0. The van der Waals surface area contributed by atoms with Crippen LogP contribution in [-0.4, -0.2) is 41.0 Å². The van der Waals surface area contributed by atoms with E-state index in [1.165, 1.54) is 6.07 Å². The van der Waals surface area contributed by atoms with Crippen LogP contribution in [0, 0.1) is 41.0 Å². The number of anilines is 2. The molecule has 38 heavy (non-hydrogen) atoms. The summed E-state index contributed by atoms with van der Waals surface area (Å²) < 4.78 is 5.37. The van der Waals surface area contributed by atoms with Gasteiger partial charge in [-0.05, 0) is 63.6 Å². The van der Waals surface area contributed by atoms with E-state index in [4.69, 9.17) is 16.3 Å². The first kappa shape index (κ1) is 32.8. The summed E-state index contributed by atoms with van der Waals surface area (Å²) >= 11 is 5.68. The molecule has 2 aromatic rings. The van der Waals surface area contributed by atoms with Gasteiger partial charge in [-0.3, -0.25) is 29.9 Å². The molecule has 11 heteroatoms. The molecule has 0 atom stereocenters. The van der Waals surface area contributed by atoms with Gasteiger partial charge < -0.3 is 10.1 Å². The van der Waals surface area contributed by atoms with E-state index < -0.39 is 9.85 Å². The topological polar surface area (TPSA) is 128 Å². The lowest BCUT2D eigenvalue weighted by Gasteiger charge is -2.25. The largest absolute Gasteiger partial charge is 0.371 e. The normalized spacial score (nSPS) is 10.6. The van der Waals surface area contributed by atoms with Crippen LogP contribution in [0.1, 0.15) is 62.8 Å². The van der Waals surface area contributed by atoms with Crippen LogP contribution in [0.15, 0.2) is 24.3 Å². The highest BCUT2D eigenvalue weighted by Crippen LogP contribution is 2.39. The molecule has 0 saturated carbocycles. The van der Waals surface area contributed by atoms with Crippen molar-refractivity contribution < 1.29 is 19.4 Å². The SMILES string of the molecule is CCC(CC)Nc1c([N+](=O)[O-])cc(C)c(C)c1[N+](=O)[O-].CCOCN(C(=O)CCl)c1c(C)cccc1CC. The van der Waals surface area contributed by atoms with Gasteiger partial charge in [-0.1, -0.05) is 39.0 Å². The summed E-state index contributed by atoms with van der Waals surface area (Å²) in [4.78, 5) is 34.9. The van der Waals surface area contributed by atoms with Gasteiger partial charge in [-0.2, -0.15) is 0 Å². The van der Waals surface area contributed by atoms with Gasteiger partial charge in [0.15, 0.2) is 5.69 Å². The number of hydrogen-bond acceptors (Lipinski definition) is 7. The van der Waals surface area contributed by atoms with Crippen molar-refractivity contribution in [3.63, 3.8) is 0 Å². The summed E-state index contributed by atoms with van der Waals surface area (Å²) in [5, 5.41) is 25.4. The third-order valence-electron chi connectivity index (χ3n) is 6.32. The molecule has 0 saturated heterocycles. The molecule has 0 unspecified atom stereocenters. The number of carbonyl (C=O) groups is 1. The van der Waals surface area contributed by atoms with Gasteiger partial charge in [0.1, 0.15) is 12.6 Å². The maximum Gasteiger partial charge on any atom is 0.302 e. The van der Waals surface area contributed by atoms with Crippen LogP contribution in [-0.2, 0) is 16.0 Å². The Hall–Kier alpha value is -3.24. The number of benzene rings is 2. The monoisotopic (exact) mass is 550 g/mol. The van der Waals surface area contributed by atoms with E-state index in [9.17, 15) is 25.0 Å². The van der Waals surface area contributed by atoms with Crippen molar-refractivity contribution in [2.75, 3.05) is 29.4 Å². The summed E-state index contributed by atoms with van der Waals surface area (Å²) in [5.74, 6) is -0.168. The Kier molecular flexibility index (Phi) is 13.7. The van der Waals surface area contributed by atoms with Crippen LogP contribution in [0.2, 0.25) is 0 Å². The van der Waals surface area contributed by atoms with Crippen LogP contribution in [0.4, 0.5) is 22.7 Å². The van der Waals surface area contributed by atoms with Gasteiger partial charge in [0.2, 0.25) is 5.91 Å². The Balaban J connectivity index is 0.000000382. The molecule has 0 aliphatic heterocycles. The lowest BCUT2D eigenvalue weighted by atomic mass is 10.0. The number of amides is 1. The molecule has 10 nitrogen and oxygen atoms in total. The van der Waals surface area contributed by atoms with E-state index in [-0.39, 0.29) is 41.6 Å². The average molecular weight is 551 g/mol. The first-order valence-electron chi connectivity index (χ1n) is 12.7. The number of nitrogens with one attached hydrogen (secondary N) is 1. The minimum Gasteiger partial charge on any atom is -0.371 e. The van der Waals surface area contributed by atoms with E-state index in [1.54, 1.807) is 18.7 Å². The number of ether oxygens (including phenoxy) is 1. The molecular formula is C27H39ClN4O6. The predicted octanol–water partition coefficient (Wildman–Crippen LogP) is 6.84. The van der Waals surface area contributed by atoms with Crippen LogP contribution in [0.5, 0.6) is 0 Å². The third kappa shape index (κ3) is 8.39. The van der Waals surface area contributed by atoms with Crippen molar-refractivity contribution in [1.29, 1.82) is 0 Å². The number of hydrogen-bond donors (Lipinski definition) is 1. The molecule has 210 valence electrons. The van der Waals surface area contributed by atoms with Gasteiger partial charge in [0.25, 0.3) is 5.69 Å². The number of alkyl halides is 1. The quantitative estimate of drug-likeness (QED) is 0.132. The number of aryl methyl sites for hydroxylation is 3. The van der Waals surface area contributed by atoms with Gasteiger partial charge in [-0.25, -0.2) is 0 Å². The second-order valence-electron chi connectivity index (χ2n) is 8.75. The van der Waals surface area contributed by atoms with E-state index >= 15 is 0 Å². The zero-order valence-electron chi connectivity index (χ0n) is 23.3. The highest BCUT2D eigenvalue weighted by atomic mass is 35.5. The molecule has 1 amide bonds. The molecule has 0 bridgehead atoms. The summed E-state index contributed by atoms with van der Waals surface area (Å²) in [6.45, 7) is 13.9. The Morgan fingerprint density at radius 3 is 2.16 bits per heavy atom. The number of nitro benzene ring substituents is 2. The second-order valence-corrected chi connectivity index (χ2v) is 9.01. The number of carbonyl (C=O) groups excluding carboxylic acids is 1. The highest BCUT2D eigenvalue weighted by Gasteiger charge is 2.30. The summed E-state index contributed by atoms with van der Waals surface area (Å²) in [6, 6.07) is 7.38. The number of nitrogens with zero attached hydrogens (tertiary/aromatic N) is 3. The van der Waals surface area contributed by atoms with Crippen molar-refractivity contribution in [1.82, 2.24) is 0 Å². The van der Waals surface area contributed by atoms with E-state index in [1.807, 2.05) is 45.9 Å². The van der Waals surface area contributed by atoms with Gasteiger partial charge >= 0.3 is 5.69 Å². The van der Waals surface area contributed by atoms with Crippen molar-refractivity contribution in [2.45, 2.75) is 73.8 Å². The molecule has 0 radical (unpaired) electrons. The number of rotatable bonds is 12. The van der Waals surface area contributed by atoms with Crippen LogP contribution < -0.4 is 10.2 Å². The van der Waals surface area contributed by atoms with Crippen molar-refractivity contribution >= 4 is 40.3 Å². The smallest absolute Gasteiger partial charge is 0.302 e. The van der Waals surface area contributed by atoms with E-state index in [0.29, 0.717) is 17.7 Å². The van der Waals surface area contributed by atoms with E-state index in [0.717, 1.165) is 36.1 Å². The predicted molar refractivity (Wildman–Crippen MR) is 152 cm³/mol. The van der Waals surface area contributed by atoms with Crippen LogP contribution >= 0.6 is 11.6 Å². The summed E-state index contributed by atoms with van der Waals surface area (Å²) in [6.07, 6.45) is 2.34. The maximum atomic E-state index is 12.0. The van der Waals surface area contributed by atoms with Gasteiger partial charge in [0.05, 0.1) is 15.5 Å². The fourth-order valence-electron chi connectivity index (χ4n) is 4.00. The molecule has 0 fully saturated rings. The van der Waals surface area contributed by atoms with Crippen LogP contribution in [0.3, 0.4) is 0 Å². The Morgan fingerprint density at radius 1 is 1.05 bits per heavy atom. The molecule has 0 aliphatic carbocycles. The number of para-hydroxylation sites is 1. The fraction of sp³-hybridized carbons (Fsp3) is 0.519. The highest BCUT2D eigenvalue weighted by molar-refractivity contribution is 6.29. The Morgan fingerprint density at radius 2 is 1.68 bits per heavy atom. The average Bonchev–Trinajstić information content (AvgIpc) is 2.89. The Bertz CT molecular complexity index is 1120. The molecule has 1 N–H and O–H groups in total. The van der Waals surface area contributed by atoms with Crippen molar-refractivity contribution in [2.24, 2.45) is 0 Å². The molecule has 0 aromatic heterocycles. The number of halogens is 1. The van der Waals surface area contributed by atoms with Crippen molar-refractivity contribution in [3.05, 3.63) is 66.7 Å².